The molecule has 1 aliphatic heterocycles. The molecule has 0 amide bonds. The zero-order valence-corrected chi connectivity index (χ0v) is 9.86. The second-order valence-electron chi connectivity index (χ2n) is 3.75. The molecule has 0 spiro atoms. The molecule has 1 heterocycles. The highest BCUT2D eigenvalue weighted by atomic mass is 16.6. The van der Waals surface area contributed by atoms with Gasteiger partial charge in [-0.15, -0.1) is 0 Å². The number of hydrogen-bond acceptors (Lipinski definition) is 4. The van der Waals surface area contributed by atoms with Crippen molar-refractivity contribution < 1.29 is 19.0 Å². The molecular formula is C13H14O4. The van der Waals surface area contributed by atoms with E-state index < -0.39 is 0 Å². The third-order valence-corrected chi connectivity index (χ3v) is 2.43. The van der Waals surface area contributed by atoms with Crippen LogP contribution in [-0.2, 0) is 4.79 Å². The van der Waals surface area contributed by atoms with Gasteiger partial charge in [0.25, 0.3) is 0 Å². The number of allylic oxidation sites excluding steroid dienone is 1. The number of methoxy groups -OCH3 is 1. The minimum absolute atomic E-state index is 0.520. The average Bonchev–Trinajstić information content (AvgIpc) is 2.37. The third kappa shape index (κ3) is 2.41. The number of fused-ring (bicyclic) bond motifs is 1. The zero-order chi connectivity index (χ0) is 12.3. The summed E-state index contributed by atoms with van der Waals surface area (Å²) in [6, 6.07) is 3.66. The molecule has 0 atom stereocenters. The molecule has 0 N–H and O–H groups in total. The number of hydrogen-bond donors (Lipinski definition) is 0. The molecule has 4 heteroatoms. The Morgan fingerprint density at radius 3 is 2.82 bits per heavy atom. The highest BCUT2D eigenvalue weighted by Crippen LogP contribution is 2.40. The third-order valence-electron chi connectivity index (χ3n) is 2.43. The van der Waals surface area contributed by atoms with E-state index in [1.807, 2.05) is 12.1 Å². The van der Waals surface area contributed by atoms with Gasteiger partial charge in [-0.3, -0.25) is 4.79 Å². The molecule has 0 saturated heterocycles. The minimum Gasteiger partial charge on any atom is -0.493 e. The Morgan fingerprint density at radius 1 is 1.35 bits per heavy atom. The van der Waals surface area contributed by atoms with Crippen LogP contribution in [0.15, 0.2) is 17.7 Å². The lowest BCUT2D eigenvalue weighted by Crippen LogP contribution is -2.16. The van der Waals surface area contributed by atoms with Crippen LogP contribution in [0.4, 0.5) is 0 Å². The van der Waals surface area contributed by atoms with Crippen molar-refractivity contribution in [1.82, 2.24) is 0 Å². The topological polar surface area (TPSA) is 44.8 Å². The maximum Gasteiger partial charge on any atom is 0.203 e. The van der Waals surface area contributed by atoms with E-state index in [1.54, 1.807) is 20.1 Å². The lowest BCUT2D eigenvalue weighted by molar-refractivity contribution is -0.104. The van der Waals surface area contributed by atoms with E-state index in [0.29, 0.717) is 36.0 Å². The van der Waals surface area contributed by atoms with Crippen molar-refractivity contribution in [2.75, 3.05) is 20.3 Å². The van der Waals surface area contributed by atoms with E-state index in [1.165, 1.54) is 0 Å². The largest absolute Gasteiger partial charge is 0.493 e. The van der Waals surface area contributed by atoms with Gasteiger partial charge >= 0.3 is 0 Å². The Kier molecular flexibility index (Phi) is 3.32. The number of aldehydes is 1. The van der Waals surface area contributed by atoms with Gasteiger partial charge in [-0.05, 0) is 36.3 Å². The Labute approximate surface area is 99.8 Å². The van der Waals surface area contributed by atoms with Crippen molar-refractivity contribution in [3.63, 3.8) is 0 Å². The monoisotopic (exact) mass is 234 g/mol. The number of ether oxygens (including phenoxy) is 3. The van der Waals surface area contributed by atoms with Crippen LogP contribution < -0.4 is 14.2 Å². The minimum atomic E-state index is 0.520. The number of benzene rings is 1. The van der Waals surface area contributed by atoms with Gasteiger partial charge in [-0.1, -0.05) is 0 Å². The van der Waals surface area contributed by atoms with Crippen LogP contribution >= 0.6 is 0 Å². The predicted octanol–water partition coefficient (Wildman–Crippen LogP) is 2.07. The van der Waals surface area contributed by atoms with Crippen LogP contribution in [0.5, 0.6) is 17.2 Å². The van der Waals surface area contributed by atoms with Crippen LogP contribution in [0.1, 0.15) is 12.5 Å². The molecular weight excluding hydrogens is 220 g/mol. The summed E-state index contributed by atoms with van der Waals surface area (Å²) in [6.07, 6.45) is 2.58. The van der Waals surface area contributed by atoms with E-state index in [9.17, 15) is 4.79 Å². The number of carbonyl (C=O) groups excluding carboxylic acids is 1. The standard InChI is InChI=1S/C13H14O4/c1-9(8-14)5-10-6-11(15-2)13-12(7-10)16-3-4-17-13/h5-8H,3-4H2,1-2H3. The van der Waals surface area contributed by atoms with Crippen LogP contribution in [0, 0.1) is 0 Å². The first-order valence-corrected chi connectivity index (χ1v) is 5.35. The van der Waals surface area contributed by atoms with Crippen molar-refractivity contribution in [1.29, 1.82) is 0 Å². The van der Waals surface area contributed by atoms with Gasteiger partial charge in [0.15, 0.2) is 11.5 Å². The first kappa shape index (κ1) is 11.5. The first-order valence-electron chi connectivity index (χ1n) is 5.35. The summed E-state index contributed by atoms with van der Waals surface area (Å²) in [7, 11) is 1.58. The van der Waals surface area contributed by atoms with Gasteiger partial charge in [0, 0.05) is 0 Å². The van der Waals surface area contributed by atoms with Crippen LogP contribution in [0.25, 0.3) is 6.08 Å². The lowest BCUT2D eigenvalue weighted by atomic mass is 10.1. The summed E-state index contributed by atoms with van der Waals surface area (Å²) in [4.78, 5) is 10.6. The van der Waals surface area contributed by atoms with E-state index in [0.717, 1.165) is 11.8 Å². The van der Waals surface area contributed by atoms with Gasteiger partial charge in [-0.2, -0.15) is 0 Å². The maximum absolute atomic E-state index is 10.6. The molecule has 0 unspecified atom stereocenters. The van der Waals surface area contributed by atoms with Crippen LogP contribution in [-0.4, -0.2) is 26.6 Å². The van der Waals surface area contributed by atoms with Gasteiger partial charge < -0.3 is 14.2 Å². The van der Waals surface area contributed by atoms with Crippen molar-refractivity contribution in [3.05, 3.63) is 23.3 Å². The molecule has 0 fully saturated rings. The molecule has 1 aliphatic rings. The summed E-state index contributed by atoms with van der Waals surface area (Å²) >= 11 is 0. The van der Waals surface area contributed by atoms with E-state index >= 15 is 0 Å². The Bertz CT molecular complexity index is 445. The molecule has 1 aromatic carbocycles. The maximum atomic E-state index is 10.6. The summed E-state index contributed by atoms with van der Waals surface area (Å²) < 4.78 is 16.2. The lowest BCUT2D eigenvalue weighted by Gasteiger charge is -2.21. The Morgan fingerprint density at radius 2 is 2.12 bits per heavy atom. The summed E-state index contributed by atoms with van der Waals surface area (Å²) in [5.41, 5.74) is 1.50. The van der Waals surface area contributed by atoms with Gasteiger partial charge in [0.05, 0.1) is 7.11 Å². The van der Waals surface area contributed by atoms with E-state index in [2.05, 4.69) is 0 Å². The molecule has 0 aromatic heterocycles. The van der Waals surface area contributed by atoms with Crippen molar-refractivity contribution in [3.8, 4) is 17.2 Å². The fourth-order valence-corrected chi connectivity index (χ4v) is 1.67. The first-order chi connectivity index (χ1) is 8.24. The molecule has 0 bridgehead atoms. The van der Waals surface area contributed by atoms with Crippen LogP contribution in [0.2, 0.25) is 0 Å². The molecule has 17 heavy (non-hydrogen) atoms. The summed E-state index contributed by atoms with van der Waals surface area (Å²) in [5, 5.41) is 0. The fourth-order valence-electron chi connectivity index (χ4n) is 1.67. The van der Waals surface area contributed by atoms with Crippen molar-refractivity contribution >= 4 is 12.4 Å². The number of rotatable bonds is 3. The molecule has 90 valence electrons. The second-order valence-corrected chi connectivity index (χ2v) is 3.75. The Hall–Kier alpha value is -1.97. The van der Waals surface area contributed by atoms with E-state index in [4.69, 9.17) is 14.2 Å². The quantitative estimate of drug-likeness (QED) is 0.593. The Balaban J connectivity index is 2.46. The highest BCUT2D eigenvalue weighted by Gasteiger charge is 2.17. The predicted molar refractivity (Wildman–Crippen MR) is 63.7 cm³/mol. The van der Waals surface area contributed by atoms with Gasteiger partial charge in [-0.25, -0.2) is 0 Å². The van der Waals surface area contributed by atoms with Crippen LogP contribution in [0.3, 0.4) is 0 Å². The molecule has 1 aromatic rings. The van der Waals surface area contributed by atoms with Crippen molar-refractivity contribution in [2.24, 2.45) is 0 Å². The average molecular weight is 234 g/mol. The molecule has 0 radical (unpaired) electrons. The normalized spacial score (nSPS) is 14.4. The molecule has 0 aliphatic carbocycles. The fraction of sp³-hybridized carbons (Fsp3) is 0.308. The number of carbonyl (C=O) groups is 1. The zero-order valence-electron chi connectivity index (χ0n) is 9.86. The SMILES string of the molecule is COc1cc(C=C(C)C=O)cc2c1OCCO2. The molecule has 0 saturated carbocycles. The smallest absolute Gasteiger partial charge is 0.203 e. The highest BCUT2D eigenvalue weighted by molar-refractivity contribution is 5.81. The summed E-state index contributed by atoms with van der Waals surface area (Å²) in [6.45, 7) is 2.79. The molecule has 2 rings (SSSR count). The summed E-state index contributed by atoms with van der Waals surface area (Å²) in [5.74, 6) is 1.90. The van der Waals surface area contributed by atoms with Gasteiger partial charge in [0.2, 0.25) is 5.75 Å². The van der Waals surface area contributed by atoms with Gasteiger partial charge in [0.1, 0.15) is 19.5 Å². The second kappa shape index (κ2) is 4.91. The molecule has 4 nitrogen and oxygen atoms in total. The van der Waals surface area contributed by atoms with E-state index in [-0.39, 0.29) is 0 Å². The van der Waals surface area contributed by atoms with Crippen molar-refractivity contribution in [2.45, 2.75) is 6.92 Å².